The largest absolute Gasteiger partial charge is 0.456 e. The number of furan rings is 1. The lowest BCUT2D eigenvalue weighted by Gasteiger charge is -2.26. The van der Waals surface area contributed by atoms with Crippen molar-refractivity contribution in [3.63, 3.8) is 0 Å². The van der Waals surface area contributed by atoms with Crippen molar-refractivity contribution in [3.8, 4) is 44.5 Å². The average Bonchev–Trinajstić information content (AvgIpc) is 3.64. The van der Waals surface area contributed by atoms with Gasteiger partial charge in [-0.15, -0.1) is 0 Å². The highest BCUT2D eigenvalue weighted by atomic mass is 16.3. The maximum atomic E-state index is 6.14. The molecule has 53 heavy (non-hydrogen) atoms. The topological polar surface area (TPSA) is 16.4 Å². The second kappa shape index (κ2) is 13.0. The van der Waals surface area contributed by atoms with E-state index in [1.54, 1.807) is 0 Å². The van der Waals surface area contributed by atoms with Crippen LogP contribution >= 0.6 is 0 Å². The Kier molecular flexibility index (Phi) is 7.97. The average molecular weight is 684 g/mol. The number of hydrogen-bond donors (Lipinski definition) is 0. The molecule has 2 nitrogen and oxygen atoms in total. The van der Waals surface area contributed by atoms with Crippen molar-refractivity contribution in [2.45, 2.75) is 33.1 Å². The van der Waals surface area contributed by atoms with Crippen LogP contribution in [-0.2, 0) is 5.41 Å². The molecule has 0 fully saturated rings. The van der Waals surface area contributed by atoms with Crippen LogP contribution in [0.1, 0.15) is 43.2 Å². The third-order valence-corrected chi connectivity index (χ3v) is 11.0. The summed E-state index contributed by atoms with van der Waals surface area (Å²) in [5.74, 6) is 0.913. The van der Waals surface area contributed by atoms with Crippen LogP contribution in [0, 0.1) is 6.92 Å². The van der Waals surface area contributed by atoms with E-state index in [0.717, 1.165) is 50.5 Å². The number of aryl methyl sites for hydroxylation is 1. The van der Waals surface area contributed by atoms with Crippen LogP contribution in [0.3, 0.4) is 0 Å². The number of allylic oxidation sites excluding steroid dienone is 1. The number of rotatable bonds is 7. The first kappa shape index (κ1) is 32.5. The van der Waals surface area contributed by atoms with Crippen LogP contribution in [-0.4, -0.2) is 0 Å². The van der Waals surface area contributed by atoms with E-state index in [0.29, 0.717) is 0 Å². The van der Waals surface area contributed by atoms with Crippen molar-refractivity contribution >= 4 is 34.1 Å². The van der Waals surface area contributed by atoms with Crippen LogP contribution in [0.5, 0.6) is 0 Å². The highest BCUT2D eigenvalue weighted by Crippen LogP contribution is 2.49. The van der Waals surface area contributed by atoms with Crippen molar-refractivity contribution in [1.82, 2.24) is 0 Å². The third kappa shape index (κ3) is 5.68. The molecule has 0 radical (unpaired) electrons. The monoisotopic (exact) mass is 683 g/mol. The normalized spacial score (nSPS) is 13.0. The van der Waals surface area contributed by atoms with E-state index in [1.807, 2.05) is 19.1 Å². The summed E-state index contributed by atoms with van der Waals surface area (Å²) in [6.07, 6.45) is 4.06. The highest BCUT2D eigenvalue weighted by Gasteiger charge is 2.35. The Balaban J connectivity index is 1.11. The number of benzene rings is 7. The standard InChI is InChI=1S/C51H41NO/c1-5-12-49-34(2)46-32-39(24-30-50(46)53-49)38-15-11-16-43(31-38)52(41-25-19-36(20-26-41)35-13-7-6-8-14-35)42-27-21-37(22-28-42)40-23-29-45-44-17-9-10-18-47(44)51(3,4)48(45)33-40/h5-33H,1-4H3/b12-5-. The van der Waals surface area contributed by atoms with Crippen LogP contribution in [0.2, 0.25) is 0 Å². The summed E-state index contributed by atoms with van der Waals surface area (Å²) in [6, 6.07) is 59.7. The Bertz CT molecular complexity index is 2640. The highest BCUT2D eigenvalue weighted by molar-refractivity contribution is 5.90. The first-order chi connectivity index (χ1) is 25.9. The molecule has 1 aromatic heterocycles. The second-order valence-electron chi connectivity index (χ2n) is 14.6. The molecule has 8 aromatic rings. The van der Waals surface area contributed by atoms with Gasteiger partial charge in [-0.3, -0.25) is 0 Å². The van der Waals surface area contributed by atoms with Gasteiger partial charge in [0.05, 0.1) is 0 Å². The zero-order valence-electron chi connectivity index (χ0n) is 30.6. The Hall–Kier alpha value is -6.38. The van der Waals surface area contributed by atoms with Crippen molar-refractivity contribution in [1.29, 1.82) is 0 Å². The number of anilines is 3. The number of nitrogens with zero attached hydrogens (tertiary/aromatic N) is 1. The van der Waals surface area contributed by atoms with Crippen molar-refractivity contribution < 1.29 is 4.42 Å². The molecule has 1 heterocycles. The van der Waals surface area contributed by atoms with Gasteiger partial charge >= 0.3 is 0 Å². The summed E-state index contributed by atoms with van der Waals surface area (Å²) in [5.41, 5.74) is 18.0. The number of fused-ring (bicyclic) bond motifs is 4. The summed E-state index contributed by atoms with van der Waals surface area (Å²) in [6.45, 7) is 8.84. The van der Waals surface area contributed by atoms with E-state index in [9.17, 15) is 0 Å². The smallest absolute Gasteiger partial charge is 0.135 e. The first-order valence-corrected chi connectivity index (χ1v) is 18.5. The lowest BCUT2D eigenvalue weighted by Crippen LogP contribution is -2.14. The lowest BCUT2D eigenvalue weighted by atomic mass is 9.81. The minimum Gasteiger partial charge on any atom is -0.456 e. The summed E-state index contributed by atoms with van der Waals surface area (Å²) in [5, 5.41) is 1.14. The summed E-state index contributed by atoms with van der Waals surface area (Å²) >= 11 is 0. The first-order valence-electron chi connectivity index (χ1n) is 18.5. The van der Waals surface area contributed by atoms with Crippen molar-refractivity contribution in [2.24, 2.45) is 0 Å². The molecule has 0 spiro atoms. The van der Waals surface area contributed by atoms with Crippen molar-refractivity contribution in [3.05, 3.63) is 192 Å². The molecule has 0 bridgehead atoms. The summed E-state index contributed by atoms with van der Waals surface area (Å²) in [7, 11) is 0. The van der Waals surface area contributed by atoms with E-state index in [4.69, 9.17) is 4.42 Å². The molecule has 2 heteroatoms. The summed E-state index contributed by atoms with van der Waals surface area (Å²) in [4.78, 5) is 2.36. The molecule has 256 valence electrons. The van der Waals surface area contributed by atoms with Gasteiger partial charge in [0.1, 0.15) is 11.3 Å². The fraction of sp³-hybridized carbons (Fsp3) is 0.0980. The zero-order chi connectivity index (χ0) is 36.1. The maximum absolute atomic E-state index is 6.14. The predicted octanol–water partition coefficient (Wildman–Crippen LogP) is 14.6. The molecule has 0 atom stereocenters. The Morgan fingerprint density at radius 1 is 0.491 bits per heavy atom. The van der Waals surface area contributed by atoms with Crippen LogP contribution in [0.4, 0.5) is 17.1 Å². The van der Waals surface area contributed by atoms with Gasteiger partial charge in [0.15, 0.2) is 0 Å². The molecule has 1 aliphatic rings. The molecular weight excluding hydrogens is 643 g/mol. The molecule has 0 saturated carbocycles. The Labute approximate surface area is 312 Å². The molecule has 0 saturated heterocycles. The van der Waals surface area contributed by atoms with Gasteiger partial charge in [-0.2, -0.15) is 0 Å². The van der Waals surface area contributed by atoms with E-state index in [2.05, 4.69) is 189 Å². The summed E-state index contributed by atoms with van der Waals surface area (Å²) < 4.78 is 6.14. The maximum Gasteiger partial charge on any atom is 0.135 e. The van der Waals surface area contributed by atoms with E-state index in [-0.39, 0.29) is 5.41 Å². The molecular formula is C51H41NO. The van der Waals surface area contributed by atoms with Gasteiger partial charge in [0.25, 0.3) is 0 Å². The molecule has 0 aliphatic heterocycles. The fourth-order valence-electron chi connectivity index (χ4n) is 8.12. The SMILES string of the molecule is C/C=C\c1oc2ccc(-c3cccc(N(c4ccc(-c5ccccc5)cc4)c4ccc(-c5ccc6c(c5)C(C)(C)c5ccccc5-6)cc4)c3)cc2c1C. The van der Waals surface area contributed by atoms with Gasteiger partial charge in [-0.05, 0) is 130 Å². The third-order valence-electron chi connectivity index (χ3n) is 11.0. The van der Waals surface area contributed by atoms with E-state index >= 15 is 0 Å². The van der Waals surface area contributed by atoms with Crippen LogP contribution < -0.4 is 4.90 Å². The predicted molar refractivity (Wildman–Crippen MR) is 224 cm³/mol. The molecule has 7 aromatic carbocycles. The molecule has 0 N–H and O–H groups in total. The van der Waals surface area contributed by atoms with E-state index in [1.165, 1.54) is 44.5 Å². The number of hydrogen-bond acceptors (Lipinski definition) is 2. The minimum absolute atomic E-state index is 0.0364. The Morgan fingerprint density at radius 3 is 1.79 bits per heavy atom. The van der Waals surface area contributed by atoms with Crippen LogP contribution in [0.15, 0.2) is 174 Å². The molecule has 1 aliphatic carbocycles. The minimum atomic E-state index is -0.0364. The van der Waals surface area contributed by atoms with E-state index < -0.39 is 0 Å². The van der Waals surface area contributed by atoms with Crippen LogP contribution in [0.25, 0.3) is 61.6 Å². The molecule has 0 amide bonds. The molecule has 0 unspecified atom stereocenters. The quantitative estimate of drug-likeness (QED) is 0.166. The second-order valence-corrected chi connectivity index (χ2v) is 14.6. The fourth-order valence-corrected chi connectivity index (χ4v) is 8.12. The van der Waals surface area contributed by atoms with Gasteiger partial charge in [0.2, 0.25) is 0 Å². The molecule has 9 rings (SSSR count). The van der Waals surface area contributed by atoms with Gasteiger partial charge in [-0.1, -0.05) is 129 Å². The lowest BCUT2D eigenvalue weighted by molar-refractivity contribution is 0.601. The Morgan fingerprint density at radius 2 is 1.06 bits per heavy atom. The zero-order valence-corrected chi connectivity index (χ0v) is 30.6. The van der Waals surface area contributed by atoms with Gasteiger partial charge < -0.3 is 9.32 Å². The van der Waals surface area contributed by atoms with Gasteiger partial charge in [0, 0.05) is 33.4 Å². The van der Waals surface area contributed by atoms with Crippen molar-refractivity contribution in [2.75, 3.05) is 4.90 Å². The van der Waals surface area contributed by atoms with Gasteiger partial charge in [-0.25, -0.2) is 0 Å².